The van der Waals surface area contributed by atoms with Gasteiger partial charge in [-0.1, -0.05) is 34.6 Å². The second kappa shape index (κ2) is 14.2. The number of aliphatic hydroxyl groups excluding tert-OH is 1. The van der Waals surface area contributed by atoms with E-state index < -0.39 is 42.0 Å². The highest BCUT2D eigenvalue weighted by Crippen LogP contribution is 2.55. The summed E-state index contributed by atoms with van der Waals surface area (Å²) in [4.78, 5) is 28.9. The molecule has 0 radical (unpaired) electrons. The van der Waals surface area contributed by atoms with Gasteiger partial charge >= 0.3 is 12.1 Å². The maximum Gasteiger partial charge on any atom is 0.420 e. The second-order valence-corrected chi connectivity index (χ2v) is 12.4. The minimum absolute atomic E-state index is 0.0723. The van der Waals surface area contributed by atoms with Crippen molar-refractivity contribution in [2.45, 2.75) is 124 Å². The van der Waals surface area contributed by atoms with Crippen LogP contribution in [0.2, 0.25) is 0 Å². The number of hydrogen-bond donors (Lipinski definition) is 1. The molecule has 0 aromatic carbocycles. The molecule has 0 unspecified atom stereocenters. The van der Waals surface area contributed by atoms with Gasteiger partial charge in [0.15, 0.2) is 5.60 Å². The largest absolute Gasteiger partial charge is 0.458 e. The molecule has 0 spiro atoms. The zero-order valence-corrected chi connectivity index (χ0v) is 25.0. The Morgan fingerprint density at radius 2 is 1.92 bits per heavy atom. The number of esters is 1. The van der Waals surface area contributed by atoms with E-state index in [9.17, 15) is 27.9 Å². The average Bonchev–Trinajstić information content (AvgIpc) is 3.42. The number of aryl methyl sites for hydroxylation is 1. The minimum atomic E-state index is -4.60. The van der Waals surface area contributed by atoms with E-state index in [0.29, 0.717) is 36.4 Å². The van der Waals surface area contributed by atoms with Gasteiger partial charge in [0.25, 0.3) is 0 Å². The van der Waals surface area contributed by atoms with Crippen molar-refractivity contribution in [2.24, 2.45) is 17.8 Å². The number of carbonyl (C=O) groups is 2. The lowest BCUT2D eigenvalue weighted by atomic mass is 9.85. The van der Waals surface area contributed by atoms with Crippen LogP contribution in [-0.4, -0.2) is 51.9 Å². The number of aliphatic hydroxyl groups is 1. The van der Waals surface area contributed by atoms with E-state index in [-0.39, 0.29) is 37.4 Å². The molecule has 1 aromatic rings. The van der Waals surface area contributed by atoms with Gasteiger partial charge in [-0.25, -0.2) is 4.98 Å². The minimum Gasteiger partial charge on any atom is -0.458 e. The fourth-order valence-electron chi connectivity index (χ4n) is 4.85. The van der Waals surface area contributed by atoms with Gasteiger partial charge in [-0.05, 0) is 63.0 Å². The standard InChI is InChI=1S/C29H44F3NO5S/c1-8-23(34)20(6)27(36)18(4)10-9-13-28(29(30,31)32)25(38-28)15-24(37-26(35)12-11-17(2)3)19(5)14-22-16-39-21(7)33-22/h14,16-18,20,24-25,27,36H,8-13,15H2,1-7H3/b19-14+/t18-,20-,24-,25-,27-,28+/m0/s1. The van der Waals surface area contributed by atoms with Crippen molar-refractivity contribution in [3.8, 4) is 0 Å². The fourth-order valence-corrected chi connectivity index (χ4v) is 5.42. The molecule has 1 aliphatic rings. The van der Waals surface area contributed by atoms with Crippen LogP contribution < -0.4 is 0 Å². The molecule has 6 atom stereocenters. The van der Waals surface area contributed by atoms with E-state index >= 15 is 0 Å². The number of aromatic nitrogens is 1. The molecule has 2 heterocycles. The lowest BCUT2D eigenvalue weighted by Gasteiger charge is -2.25. The molecule has 0 aliphatic carbocycles. The predicted octanol–water partition coefficient (Wildman–Crippen LogP) is 7.08. The molecule has 0 amide bonds. The van der Waals surface area contributed by atoms with E-state index in [1.165, 1.54) is 11.3 Å². The highest BCUT2D eigenvalue weighted by atomic mass is 32.1. The van der Waals surface area contributed by atoms with Crippen LogP contribution in [0.1, 0.15) is 97.2 Å². The van der Waals surface area contributed by atoms with E-state index in [1.54, 1.807) is 33.8 Å². The van der Waals surface area contributed by atoms with Gasteiger partial charge in [-0.3, -0.25) is 9.59 Å². The third kappa shape index (κ3) is 9.39. The number of nitrogens with zero attached hydrogens (tertiary/aromatic N) is 1. The maximum atomic E-state index is 14.2. The fraction of sp³-hybridized carbons (Fsp3) is 0.759. The van der Waals surface area contributed by atoms with Gasteiger partial charge in [0, 0.05) is 30.6 Å². The second-order valence-electron chi connectivity index (χ2n) is 11.3. The summed E-state index contributed by atoms with van der Waals surface area (Å²) in [5, 5.41) is 13.2. The Hall–Kier alpha value is -1.78. The lowest BCUT2D eigenvalue weighted by Crippen LogP contribution is -2.37. The summed E-state index contributed by atoms with van der Waals surface area (Å²) in [6, 6.07) is 0. The Morgan fingerprint density at radius 3 is 2.46 bits per heavy atom. The summed E-state index contributed by atoms with van der Waals surface area (Å²) in [6.45, 7) is 12.7. The number of carbonyl (C=O) groups excluding carboxylic acids is 2. The third-order valence-corrected chi connectivity index (χ3v) is 8.39. The van der Waals surface area contributed by atoms with Crippen molar-refractivity contribution in [3.05, 3.63) is 21.7 Å². The van der Waals surface area contributed by atoms with Gasteiger partial charge in [-0.2, -0.15) is 13.2 Å². The topological polar surface area (TPSA) is 89.0 Å². The third-order valence-electron chi connectivity index (χ3n) is 7.60. The molecular formula is C29H44F3NO5S. The van der Waals surface area contributed by atoms with Crippen LogP contribution in [0.25, 0.3) is 6.08 Å². The SMILES string of the molecule is CCC(=O)[C@H](C)[C@@H](O)[C@@H](C)CCC[C@@]1(C(F)(F)F)O[C@H]1C[C@H](OC(=O)CCC(C)C)/C(C)=C/c1csc(C)n1. The number of ether oxygens (including phenoxy) is 2. The first-order valence-electron chi connectivity index (χ1n) is 13.9. The molecule has 2 rings (SSSR count). The number of halogens is 3. The monoisotopic (exact) mass is 575 g/mol. The molecule has 1 fully saturated rings. The van der Waals surface area contributed by atoms with Gasteiger partial charge < -0.3 is 14.6 Å². The molecule has 1 N–H and O–H groups in total. The summed E-state index contributed by atoms with van der Waals surface area (Å²) in [5.74, 6) is -1.13. The van der Waals surface area contributed by atoms with Crippen LogP contribution in [-0.2, 0) is 19.1 Å². The first-order valence-corrected chi connectivity index (χ1v) is 14.7. The number of hydrogen-bond acceptors (Lipinski definition) is 7. The Morgan fingerprint density at radius 1 is 1.26 bits per heavy atom. The number of alkyl halides is 3. The Bertz CT molecular complexity index is 992. The molecule has 222 valence electrons. The van der Waals surface area contributed by atoms with Crippen molar-refractivity contribution < 1.29 is 37.3 Å². The van der Waals surface area contributed by atoms with Gasteiger partial charge in [0.1, 0.15) is 18.0 Å². The zero-order chi connectivity index (χ0) is 29.5. The predicted molar refractivity (Wildman–Crippen MR) is 146 cm³/mol. The first kappa shape index (κ1) is 33.4. The van der Waals surface area contributed by atoms with Crippen molar-refractivity contribution >= 4 is 29.2 Å². The molecule has 0 bridgehead atoms. The summed E-state index contributed by atoms with van der Waals surface area (Å²) in [6.07, 6.45) is -4.56. The van der Waals surface area contributed by atoms with Crippen molar-refractivity contribution in [1.29, 1.82) is 0 Å². The summed E-state index contributed by atoms with van der Waals surface area (Å²) in [5.41, 5.74) is -1.04. The molecule has 0 saturated carbocycles. The summed E-state index contributed by atoms with van der Waals surface area (Å²) in [7, 11) is 0. The number of epoxide rings is 1. The number of ketones is 1. The maximum absolute atomic E-state index is 14.2. The van der Waals surface area contributed by atoms with Gasteiger partial charge in [0.05, 0.1) is 16.8 Å². The zero-order valence-electron chi connectivity index (χ0n) is 24.1. The normalized spacial score (nSPS) is 22.9. The van der Waals surface area contributed by atoms with Crippen molar-refractivity contribution in [3.63, 3.8) is 0 Å². The smallest absolute Gasteiger partial charge is 0.420 e. The quantitative estimate of drug-likeness (QED) is 0.167. The van der Waals surface area contributed by atoms with E-state index in [1.807, 2.05) is 26.2 Å². The first-order chi connectivity index (χ1) is 18.1. The van der Waals surface area contributed by atoms with Crippen molar-refractivity contribution in [2.75, 3.05) is 0 Å². The van der Waals surface area contributed by atoms with Crippen LogP contribution in [0.5, 0.6) is 0 Å². The highest BCUT2D eigenvalue weighted by Gasteiger charge is 2.72. The number of rotatable bonds is 16. The van der Waals surface area contributed by atoms with Crippen molar-refractivity contribution in [1.82, 2.24) is 4.98 Å². The lowest BCUT2D eigenvalue weighted by molar-refractivity contribution is -0.186. The van der Waals surface area contributed by atoms with Crippen LogP contribution in [0.15, 0.2) is 11.0 Å². The number of thiazole rings is 1. The molecule has 10 heteroatoms. The summed E-state index contributed by atoms with van der Waals surface area (Å²) >= 11 is 1.46. The van der Waals surface area contributed by atoms with Crippen LogP contribution in [0.4, 0.5) is 13.2 Å². The van der Waals surface area contributed by atoms with Crippen LogP contribution >= 0.6 is 11.3 Å². The molecule has 39 heavy (non-hydrogen) atoms. The average molecular weight is 576 g/mol. The number of Topliss-reactive ketones (excluding diaryl/α,β-unsaturated/α-hetero) is 1. The molecule has 1 saturated heterocycles. The molecular weight excluding hydrogens is 531 g/mol. The summed E-state index contributed by atoms with van der Waals surface area (Å²) < 4.78 is 53.7. The molecule has 1 aliphatic heterocycles. The van der Waals surface area contributed by atoms with Gasteiger partial charge in [-0.15, -0.1) is 11.3 Å². The van der Waals surface area contributed by atoms with Crippen LogP contribution in [0.3, 0.4) is 0 Å². The van der Waals surface area contributed by atoms with E-state index in [4.69, 9.17) is 9.47 Å². The Kier molecular flexibility index (Phi) is 12.2. The van der Waals surface area contributed by atoms with E-state index in [0.717, 1.165) is 5.01 Å². The Labute approximate surface area is 234 Å². The molecule has 6 nitrogen and oxygen atoms in total. The van der Waals surface area contributed by atoms with Gasteiger partial charge in [0.2, 0.25) is 0 Å². The van der Waals surface area contributed by atoms with E-state index in [2.05, 4.69) is 4.98 Å². The Balaban J connectivity index is 2.12. The van der Waals surface area contributed by atoms with Crippen LogP contribution in [0, 0.1) is 24.7 Å². The highest BCUT2D eigenvalue weighted by molar-refractivity contribution is 7.09. The molecule has 1 aromatic heterocycles.